The first-order valence-electron chi connectivity index (χ1n) is 14.5. The zero-order valence-corrected chi connectivity index (χ0v) is 22.7. The highest BCUT2D eigenvalue weighted by molar-refractivity contribution is 7.99. The van der Waals surface area contributed by atoms with Crippen LogP contribution in [0.3, 0.4) is 0 Å². The van der Waals surface area contributed by atoms with Crippen molar-refractivity contribution in [2.45, 2.75) is 82.5 Å². The van der Waals surface area contributed by atoms with Crippen LogP contribution in [0.1, 0.15) is 71.6 Å². The van der Waals surface area contributed by atoms with E-state index >= 15 is 0 Å². The summed E-state index contributed by atoms with van der Waals surface area (Å²) in [5.41, 5.74) is 0.828. The van der Waals surface area contributed by atoms with Gasteiger partial charge in [-0.05, 0) is 92.4 Å². The van der Waals surface area contributed by atoms with Gasteiger partial charge in [-0.2, -0.15) is 11.8 Å². The predicted molar refractivity (Wildman–Crippen MR) is 141 cm³/mol. The lowest BCUT2D eigenvalue weighted by molar-refractivity contribution is -0.203. The maximum Gasteiger partial charge on any atom is 0.331 e. The Morgan fingerprint density at radius 2 is 1.91 bits per heavy atom. The first-order valence-corrected chi connectivity index (χ1v) is 15.5. The van der Waals surface area contributed by atoms with Crippen LogP contribution in [-0.2, 0) is 9.53 Å². The monoisotopic (exact) mass is 502 g/mol. The molecule has 196 valence electrons. The van der Waals surface area contributed by atoms with E-state index < -0.39 is 5.60 Å². The number of rotatable bonds is 5. The molecule has 8 atom stereocenters. The maximum atomic E-state index is 12.4. The summed E-state index contributed by atoms with van der Waals surface area (Å²) in [5, 5.41) is 16.7. The van der Waals surface area contributed by atoms with E-state index in [4.69, 9.17) is 4.74 Å². The van der Waals surface area contributed by atoms with E-state index in [1.54, 1.807) is 6.08 Å². The summed E-state index contributed by atoms with van der Waals surface area (Å²) in [6.07, 6.45) is 12.5. The van der Waals surface area contributed by atoms with Crippen molar-refractivity contribution in [3.05, 3.63) is 11.6 Å². The van der Waals surface area contributed by atoms with E-state index in [0.29, 0.717) is 29.8 Å². The van der Waals surface area contributed by atoms with Gasteiger partial charge in [0.25, 0.3) is 0 Å². The van der Waals surface area contributed by atoms with Crippen LogP contribution >= 0.6 is 11.8 Å². The van der Waals surface area contributed by atoms with Gasteiger partial charge in [0.2, 0.25) is 0 Å². The Morgan fingerprint density at radius 3 is 2.69 bits per heavy atom. The minimum Gasteiger partial charge on any atom is -0.458 e. The van der Waals surface area contributed by atoms with Crippen molar-refractivity contribution in [2.75, 3.05) is 45.1 Å². The van der Waals surface area contributed by atoms with Crippen LogP contribution in [0, 0.1) is 34.5 Å². The second-order valence-electron chi connectivity index (χ2n) is 13.2. The summed E-state index contributed by atoms with van der Waals surface area (Å²) in [5.74, 6) is 3.28. The van der Waals surface area contributed by atoms with E-state index in [9.17, 15) is 9.90 Å². The van der Waals surface area contributed by atoms with Crippen LogP contribution in [0.25, 0.3) is 0 Å². The van der Waals surface area contributed by atoms with Crippen molar-refractivity contribution < 1.29 is 14.6 Å². The molecule has 6 rings (SSSR count). The van der Waals surface area contributed by atoms with Crippen LogP contribution in [0.4, 0.5) is 0 Å². The van der Waals surface area contributed by atoms with E-state index in [-0.39, 0.29) is 11.4 Å². The minimum atomic E-state index is -0.587. The summed E-state index contributed by atoms with van der Waals surface area (Å²) >= 11 is 2.25. The Hall–Kier alpha value is -0.560. The molecule has 4 aliphatic carbocycles. The molecule has 0 spiro atoms. The molecule has 2 aliphatic heterocycles. The molecule has 0 aromatic heterocycles. The molecular formula is C29H46N2O3S. The molecule has 0 aromatic rings. The fourth-order valence-corrected chi connectivity index (χ4v) is 11.2. The van der Waals surface area contributed by atoms with Crippen LogP contribution in [-0.4, -0.2) is 71.9 Å². The minimum absolute atomic E-state index is 0.117. The first-order chi connectivity index (χ1) is 16.8. The van der Waals surface area contributed by atoms with E-state index in [2.05, 4.69) is 35.8 Å². The van der Waals surface area contributed by atoms with Crippen molar-refractivity contribution in [3.8, 4) is 0 Å². The molecule has 0 amide bonds. The van der Waals surface area contributed by atoms with E-state index in [0.717, 1.165) is 49.1 Å². The van der Waals surface area contributed by atoms with Crippen molar-refractivity contribution >= 4 is 17.7 Å². The molecular weight excluding hydrogens is 456 g/mol. The van der Waals surface area contributed by atoms with Crippen molar-refractivity contribution in [1.29, 1.82) is 0 Å². The molecule has 5 fully saturated rings. The smallest absolute Gasteiger partial charge is 0.331 e. The van der Waals surface area contributed by atoms with Crippen molar-refractivity contribution in [1.82, 2.24) is 10.2 Å². The zero-order valence-electron chi connectivity index (χ0n) is 21.9. The highest BCUT2D eigenvalue weighted by Gasteiger charge is 2.67. The van der Waals surface area contributed by atoms with Gasteiger partial charge in [0.1, 0.15) is 6.61 Å². The van der Waals surface area contributed by atoms with Gasteiger partial charge >= 0.3 is 5.97 Å². The highest BCUT2D eigenvalue weighted by atomic mass is 32.2. The summed E-state index contributed by atoms with van der Waals surface area (Å²) in [6.45, 7) is 11.3. The predicted octanol–water partition coefficient (Wildman–Crippen LogP) is 4.25. The molecule has 6 heteroatoms. The molecule has 0 bridgehead atoms. The third-order valence-electron chi connectivity index (χ3n) is 11.9. The number of cyclic esters (lactones) is 1. The molecule has 2 N–H and O–H groups in total. The number of fused-ring (bicyclic) bond motifs is 5. The Bertz CT molecular complexity index is 859. The molecule has 4 saturated carbocycles. The molecule has 0 unspecified atom stereocenters. The quantitative estimate of drug-likeness (QED) is 0.548. The average Bonchev–Trinajstić information content (AvgIpc) is 3.40. The SMILES string of the molecule is C[C@]12CC[C@H](SCCN3CCNCC3)C[C@H]1CC[C@@H]1[C@@H]2CC[C@]2(C)[C@@H](C3=CC(=O)OC3)CC[C@]12O. The summed E-state index contributed by atoms with van der Waals surface area (Å²) in [7, 11) is 0. The third-order valence-corrected chi connectivity index (χ3v) is 13.2. The zero-order chi connectivity index (χ0) is 24.3. The number of aliphatic hydroxyl groups is 1. The van der Waals surface area contributed by atoms with E-state index in [1.807, 2.05) is 0 Å². The van der Waals surface area contributed by atoms with Gasteiger partial charge in [-0.25, -0.2) is 4.79 Å². The number of nitrogens with one attached hydrogen (secondary N) is 1. The van der Waals surface area contributed by atoms with Gasteiger partial charge in [-0.1, -0.05) is 13.8 Å². The largest absolute Gasteiger partial charge is 0.458 e. The Morgan fingerprint density at radius 1 is 1.09 bits per heavy atom. The number of ether oxygens (including phenoxy) is 1. The van der Waals surface area contributed by atoms with Crippen molar-refractivity contribution in [2.24, 2.45) is 34.5 Å². The number of hydrogen-bond donors (Lipinski definition) is 2. The first kappa shape index (κ1) is 24.8. The summed E-state index contributed by atoms with van der Waals surface area (Å²) < 4.78 is 5.28. The van der Waals surface area contributed by atoms with Crippen molar-refractivity contribution in [3.63, 3.8) is 0 Å². The van der Waals surface area contributed by atoms with Gasteiger partial charge in [0.15, 0.2) is 0 Å². The molecule has 0 radical (unpaired) electrons. The number of hydrogen-bond acceptors (Lipinski definition) is 6. The lowest BCUT2D eigenvalue weighted by Gasteiger charge is -2.64. The molecule has 0 aromatic carbocycles. The second-order valence-corrected chi connectivity index (χ2v) is 14.6. The lowest BCUT2D eigenvalue weighted by Crippen LogP contribution is -2.62. The fraction of sp³-hybridized carbons (Fsp3) is 0.897. The molecule has 1 saturated heterocycles. The summed E-state index contributed by atoms with van der Waals surface area (Å²) in [6, 6.07) is 0. The number of carbonyl (C=O) groups excluding carboxylic acids is 1. The number of thioether (sulfide) groups is 1. The van der Waals surface area contributed by atoms with Gasteiger partial charge in [-0.15, -0.1) is 0 Å². The lowest BCUT2D eigenvalue weighted by atomic mass is 9.43. The van der Waals surface area contributed by atoms with E-state index in [1.165, 1.54) is 63.9 Å². The Balaban J connectivity index is 1.11. The molecule has 6 aliphatic rings. The van der Waals surface area contributed by atoms with Crippen LogP contribution in [0.5, 0.6) is 0 Å². The molecule has 2 heterocycles. The fourth-order valence-electron chi connectivity index (χ4n) is 9.81. The second kappa shape index (κ2) is 9.32. The number of nitrogens with zero attached hydrogens (tertiary/aromatic N) is 1. The molecule has 35 heavy (non-hydrogen) atoms. The van der Waals surface area contributed by atoms with Gasteiger partial charge in [0, 0.05) is 55.2 Å². The average molecular weight is 503 g/mol. The number of esters is 1. The van der Waals surface area contributed by atoms with Crippen LogP contribution < -0.4 is 5.32 Å². The van der Waals surface area contributed by atoms with Gasteiger partial charge in [-0.3, -0.25) is 4.90 Å². The normalized spacial score (nSPS) is 48.0. The standard InChI is InChI=1S/C29H46N2O3S/c1-27-8-5-22(35-16-15-31-13-11-30-12-14-31)18-21(27)3-4-25-24(27)6-9-28(2)23(7-10-29(25,28)33)20-17-26(32)34-19-20/h17,21-25,30,33H,3-16,18-19H2,1-2H3/t21-,22+,23-,24+,25-,27+,28-,29+/m1/s1. The van der Waals surface area contributed by atoms with Gasteiger partial charge in [0.05, 0.1) is 5.60 Å². The number of piperazine rings is 1. The highest BCUT2D eigenvalue weighted by Crippen LogP contribution is 2.70. The Kier molecular flexibility index (Phi) is 6.59. The van der Waals surface area contributed by atoms with Crippen LogP contribution in [0.2, 0.25) is 0 Å². The van der Waals surface area contributed by atoms with Crippen LogP contribution in [0.15, 0.2) is 11.6 Å². The number of carbonyl (C=O) groups is 1. The van der Waals surface area contributed by atoms with Gasteiger partial charge < -0.3 is 15.2 Å². The third kappa shape index (κ3) is 4.04. The topological polar surface area (TPSA) is 61.8 Å². The Labute approximate surface area is 216 Å². The molecule has 5 nitrogen and oxygen atoms in total. The maximum absolute atomic E-state index is 12.4. The summed E-state index contributed by atoms with van der Waals surface area (Å²) in [4.78, 5) is 14.4.